The first kappa shape index (κ1) is 12.0. The average molecular weight is 234 g/mol. The fourth-order valence-electron chi connectivity index (χ4n) is 1.10. The van der Waals surface area contributed by atoms with E-state index in [9.17, 15) is 4.21 Å². The number of nitrogens with one attached hydrogen (secondary N) is 1. The summed E-state index contributed by atoms with van der Waals surface area (Å²) < 4.78 is 10.8. The Balaban J connectivity index is 2.34. The summed E-state index contributed by atoms with van der Waals surface area (Å²) in [5, 5.41) is 4.37. The summed E-state index contributed by atoms with van der Waals surface area (Å²) in [5.41, 5.74) is 0. The molecule has 1 aliphatic rings. The largest absolute Gasteiger partial charge is 0.362 e. The van der Waals surface area contributed by atoms with Crippen molar-refractivity contribution in [3.63, 3.8) is 0 Å². The van der Waals surface area contributed by atoms with Crippen LogP contribution in [0.25, 0.3) is 0 Å². The molecule has 1 saturated heterocycles. The van der Waals surface area contributed by atoms with Gasteiger partial charge in [0.1, 0.15) is 0 Å². The molecule has 82 valence electrons. The minimum atomic E-state index is -0.730. The van der Waals surface area contributed by atoms with E-state index in [1.165, 1.54) is 0 Å². The van der Waals surface area contributed by atoms with Crippen molar-refractivity contribution in [1.82, 2.24) is 5.32 Å². The quantitative estimate of drug-likeness (QED) is 0.794. The Morgan fingerprint density at radius 1 is 1.64 bits per heavy atom. The molecule has 14 heavy (non-hydrogen) atoms. The number of thioether (sulfide) groups is 1. The second-order valence-electron chi connectivity index (χ2n) is 3.69. The molecule has 3 nitrogen and oxygen atoms in total. The van der Waals surface area contributed by atoms with Crippen LogP contribution in [0.3, 0.4) is 0 Å². The van der Waals surface area contributed by atoms with E-state index in [0.29, 0.717) is 24.3 Å². The molecule has 0 aliphatic carbocycles. The minimum absolute atomic E-state index is 0.502. The van der Waals surface area contributed by atoms with Gasteiger partial charge in [-0.2, -0.15) is 0 Å². The Morgan fingerprint density at radius 3 is 2.93 bits per heavy atom. The van der Waals surface area contributed by atoms with Gasteiger partial charge in [0, 0.05) is 34.6 Å². The predicted octanol–water partition coefficient (Wildman–Crippen LogP) is 1.08. The zero-order chi connectivity index (χ0) is 10.6. The highest BCUT2D eigenvalue weighted by Gasteiger charge is 2.20. The molecule has 0 bridgehead atoms. The van der Waals surface area contributed by atoms with Gasteiger partial charge in [-0.05, 0) is 12.8 Å². The van der Waals surface area contributed by atoms with Gasteiger partial charge in [0.25, 0.3) is 0 Å². The lowest BCUT2D eigenvalue weighted by atomic mass is 10.1. The van der Waals surface area contributed by atoms with Gasteiger partial charge in [-0.25, -0.2) is 0 Å². The fraction of sp³-hybridized carbons (Fsp3) is 0.889. The van der Waals surface area contributed by atoms with Crippen molar-refractivity contribution in [3.05, 3.63) is 0 Å². The number of hydrogen-bond donors (Lipinski definition) is 1. The van der Waals surface area contributed by atoms with Crippen LogP contribution < -0.4 is 5.32 Å². The lowest BCUT2D eigenvalue weighted by Crippen LogP contribution is -2.41. The molecule has 1 fully saturated rings. The van der Waals surface area contributed by atoms with E-state index >= 15 is 0 Å². The Morgan fingerprint density at radius 2 is 2.36 bits per heavy atom. The monoisotopic (exact) mass is 234 g/mol. The number of nitrogens with zero attached hydrogens (tertiary/aromatic N) is 1. The molecule has 3 unspecified atom stereocenters. The minimum Gasteiger partial charge on any atom is -0.362 e. The van der Waals surface area contributed by atoms with Crippen molar-refractivity contribution < 1.29 is 4.21 Å². The molecule has 3 atom stereocenters. The first-order valence-electron chi connectivity index (χ1n) is 4.83. The van der Waals surface area contributed by atoms with Crippen LogP contribution in [0.1, 0.15) is 13.8 Å². The Kier molecular flexibility index (Phi) is 4.95. The molecule has 0 aromatic heterocycles. The van der Waals surface area contributed by atoms with Gasteiger partial charge in [0.2, 0.25) is 0 Å². The number of amidine groups is 1. The van der Waals surface area contributed by atoms with Crippen molar-refractivity contribution in [1.29, 1.82) is 0 Å². The third-order valence-electron chi connectivity index (χ3n) is 2.32. The maximum absolute atomic E-state index is 10.8. The molecule has 1 rings (SSSR count). The van der Waals surface area contributed by atoms with Gasteiger partial charge in [0.05, 0.1) is 6.54 Å². The topological polar surface area (TPSA) is 41.5 Å². The van der Waals surface area contributed by atoms with Gasteiger partial charge in [-0.1, -0.05) is 18.7 Å². The zero-order valence-corrected chi connectivity index (χ0v) is 10.6. The molecule has 0 aromatic carbocycles. The van der Waals surface area contributed by atoms with Crippen LogP contribution in [0.15, 0.2) is 4.99 Å². The van der Waals surface area contributed by atoms with Crippen molar-refractivity contribution >= 4 is 27.7 Å². The molecular weight excluding hydrogens is 216 g/mol. The molecule has 1 N–H and O–H groups in total. The van der Waals surface area contributed by atoms with Gasteiger partial charge < -0.3 is 5.32 Å². The lowest BCUT2D eigenvalue weighted by Gasteiger charge is -2.28. The Bertz CT molecular complexity index is 243. The van der Waals surface area contributed by atoms with Crippen molar-refractivity contribution in [2.75, 3.05) is 24.3 Å². The number of rotatable bonds is 3. The van der Waals surface area contributed by atoms with E-state index in [2.05, 4.69) is 24.2 Å². The number of hydrogen-bond acceptors (Lipinski definition) is 3. The molecule has 1 heterocycles. The maximum Gasteiger partial charge on any atom is 0.156 e. The second-order valence-corrected chi connectivity index (χ2v) is 6.25. The van der Waals surface area contributed by atoms with Gasteiger partial charge >= 0.3 is 0 Å². The average Bonchev–Trinajstić information content (AvgIpc) is 2.10. The summed E-state index contributed by atoms with van der Waals surface area (Å²) in [6.45, 7) is 5.08. The van der Waals surface area contributed by atoms with Gasteiger partial charge in [-0.15, -0.1) is 0 Å². The molecule has 5 heteroatoms. The fourth-order valence-corrected chi connectivity index (χ4v) is 2.61. The van der Waals surface area contributed by atoms with Crippen molar-refractivity contribution in [2.45, 2.75) is 19.9 Å². The first-order valence-corrected chi connectivity index (χ1v) is 7.54. The first-order chi connectivity index (χ1) is 6.59. The highest BCUT2D eigenvalue weighted by molar-refractivity contribution is 8.13. The molecule has 0 radical (unpaired) electrons. The summed E-state index contributed by atoms with van der Waals surface area (Å²) >= 11 is 1.77. The van der Waals surface area contributed by atoms with Crippen LogP contribution in [0.5, 0.6) is 0 Å². The zero-order valence-electron chi connectivity index (χ0n) is 8.95. The van der Waals surface area contributed by atoms with Crippen molar-refractivity contribution in [3.8, 4) is 0 Å². The van der Waals surface area contributed by atoms with Gasteiger partial charge in [0.15, 0.2) is 5.17 Å². The summed E-state index contributed by atoms with van der Waals surface area (Å²) in [5.74, 6) is 2.48. The van der Waals surface area contributed by atoms with E-state index in [4.69, 9.17) is 0 Å². The maximum atomic E-state index is 10.8. The third kappa shape index (κ3) is 4.00. The van der Waals surface area contributed by atoms with Crippen molar-refractivity contribution in [2.24, 2.45) is 10.9 Å². The summed E-state index contributed by atoms with van der Waals surface area (Å²) in [6.07, 6.45) is 1.71. The normalized spacial score (nSPS) is 32.6. The standard InChI is InChI=1S/C9H18N2OS2/c1-7-6-13-9(11-8(7)2)10-4-5-14(3)12/h7-8H,4-6H2,1-3H3,(H,10,11). The SMILES string of the molecule is CC1CSC(=NCCS(C)=O)NC1C. The molecule has 1 aliphatic heterocycles. The van der Waals surface area contributed by atoms with Crippen LogP contribution in [0.2, 0.25) is 0 Å². The van der Waals surface area contributed by atoms with Crippen LogP contribution in [0, 0.1) is 5.92 Å². The van der Waals surface area contributed by atoms with E-state index in [1.807, 2.05) is 0 Å². The second kappa shape index (κ2) is 5.75. The lowest BCUT2D eigenvalue weighted by molar-refractivity contribution is 0.490. The van der Waals surface area contributed by atoms with E-state index in [0.717, 1.165) is 10.9 Å². The van der Waals surface area contributed by atoms with E-state index < -0.39 is 10.8 Å². The molecule has 0 aromatic rings. The van der Waals surface area contributed by atoms with Crippen LogP contribution >= 0.6 is 11.8 Å². The van der Waals surface area contributed by atoms with Crippen LogP contribution in [-0.4, -0.2) is 39.7 Å². The summed E-state index contributed by atoms with van der Waals surface area (Å²) in [4.78, 5) is 4.38. The van der Waals surface area contributed by atoms with E-state index in [1.54, 1.807) is 18.0 Å². The highest BCUT2D eigenvalue weighted by Crippen LogP contribution is 2.18. The summed E-state index contributed by atoms with van der Waals surface area (Å²) in [6, 6.07) is 0.502. The highest BCUT2D eigenvalue weighted by atomic mass is 32.2. The summed E-state index contributed by atoms with van der Waals surface area (Å²) in [7, 11) is -0.730. The molecule has 0 spiro atoms. The molecular formula is C9H18N2OS2. The van der Waals surface area contributed by atoms with Gasteiger partial charge in [-0.3, -0.25) is 9.20 Å². The predicted molar refractivity (Wildman–Crippen MR) is 65.5 cm³/mol. The third-order valence-corrected chi connectivity index (χ3v) is 4.29. The van der Waals surface area contributed by atoms with E-state index in [-0.39, 0.29) is 0 Å². The molecule has 0 amide bonds. The van der Waals surface area contributed by atoms with Crippen LogP contribution in [-0.2, 0) is 10.8 Å². The Hall–Kier alpha value is -0.0300. The number of aliphatic imine (C=N–C) groups is 1. The Labute approximate surface area is 92.6 Å². The smallest absolute Gasteiger partial charge is 0.156 e. The van der Waals surface area contributed by atoms with Crippen LogP contribution in [0.4, 0.5) is 0 Å². The molecule has 0 saturated carbocycles.